The molecule has 1 aromatic rings. The highest BCUT2D eigenvalue weighted by Crippen LogP contribution is 2.47. The second-order valence-electron chi connectivity index (χ2n) is 6.05. The largest absolute Gasteiger partial charge is 0.454 e. The number of piperidine rings is 1. The number of nitrogens with one attached hydrogen (secondary N) is 1. The number of hydrogen-bond acceptors (Lipinski definition) is 4. The summed E-state index contributed by atoms with van der Waals surface area (Å²) in [6.07, 6.45) is 2.83. The van der Waals surface area contributed by atoms with E-state index in [1.165, 1.54) is 27.8 Å². The molecule has 0 spiro atoms. The lowest BCUT2D eigenvalue weighted by Gasteiger charge is -2.35. The minimum absolute atomic E-state index is 0. The molecule has 1 saturated heterocycles. The van der Waals surface area contributed by atoms with Crippen LogP contribution < -0.4 is 14.8 Å². The monoisotopic (exact) mass is 373 g/mol. The molecule has 2 aliphatic heterocycles. The van der Waals surface area contributed by atoms with E-state index >= 15 is 0 Å². The summed E-state index contributed by atoms with van der Waals surface area (Å²) in [6, 6.07) is 4.20. The van der Waals surface area contributed by atoms with E-state index in [1.54, 1.807) is 7.11 Å². The fourth-order valence-electron chi connectivity index (χ4n) is 3.55. The molecule has 0 amide bonds. The number of fused-ring (bicyclic) bond motifs is 5. The zero-order chi connectivity index (χ0) is 19.1. The zero-order valence-electron chi connectivity index (χ0n) is 16.5. The van der Waals surface area contributed by atoms with E-state index < -0.39 is 0 Å². The van der Waals surface area contributed by atoms with Crippen molar-refractivity contribution in [1.82, 2.24) is 5.32 Å². The first-order valence-electron chi connectivity index (χ1n) is 9.35. The van der Waals surface area contributed by atoms with Crippen molar-refractivity contribution in [1.29, 1.82) is 0 Å². The molecule has 150 valence electrons. The van der Waals surface area contributed by atoms with Gasteiger partial charge in [-0.15, -0.1) is 0 Å². The van der Waals surface area contributed by atoms with Gasteiger partial charge >= 0.3 is 0 Å². The third-order valence-corrected chi connectivity index (χ3v) is 4.72. The first-order valence-corrected chi connectivity index (χ1v) is 9.35. The molecule has 4 heteroatoms. The standard InChI is InChI=1S/C17H17NO2.C3H8O.C2H6.CH4/c1-3-11-6-13-12(4-5-15-17(13)20-9-19-15)14-8-18-7-10(2)16(11)14;1-3-4-2;1-2;/h3-5,14,18H,1-2,6-9H2;3H2,1-2H3;1-2H3;1H4. The number of hydrogen-bond donors (Lipinski definition) is 1. The Morgan fingerprint density at radius 3 is 2.63 bits per heavy atom. The van der Waals surface area contributed by atoms with Gasteiger partial charge in [-0.05, 0) is 35.3 Å². The zero-order valence-corrected chi connectivity index (χ0v) is 16.5. The molecule has 1 unspecified atom stereocenters. The molecular formula is C23H35NO3. The summed E-state index contributed by atoms with van der Waals surface area (Å²) in [7, 11) is 1.68. The maximum atomic E-state index is 5.67. The normalized spacial score (nSPS) is 18.7. The summed E-state index contributed by atoms with van der Waals surface area (Å²) in [4.78, 5) is 0. The molecule has 1 N–H and O–H groups in total. The van der Waals surface area contributed by atoms with Gasteiger partial charge in [-0.3, -0.25) is 0 Å². The summed E-state index contributed by atoms with van der Waals surface area (Å²) < 4.78 is 15.7. The lowest BCUT2D eigenvalue weighted by Crippen LogP contribution is -2.34. The van der Waals surface area contributed by atoms with E-state index in [4.69, 9.17) is 9.47 Å². The molecule has 3 aliphatic rings. The minimum atomic E-state index is 0. The van der Waals surface area contributed by atoms with Crippen LogP contribution in [0.2, 0.25) is 0 Å². The molecule has 0 bridgehead atoms. The number of methoxy groups -OCH3 is 1. The Hall–Kier alpha value is -2.04. The van der Waals surface area contributed by atoms with Gasteiger partial charge in [0.05, 0.1) is 0 Å². The molecule has 4 rings (SSSR count). The number of benzene rings is 1. The first-order chi connectivity index (χ1) is 12.7. The van der Waals surface area contributed by atoms with Crippen LogP contribution in [-0.4, -0.2) is 33.6 Å². The van der Waals surface area contributed by atoms with Gasteiger partial charge in [0.25, 0.3) is 0 Å². The Balaban J connectivity index is 0.000000467. The van der Waals surface area contributed by atoms with Crippen molar-refractivity contribution < 1.29 is 14.2 Å². The summed E-state index contributed by atoms with van der Waals surface area (Å²) >= 11 is 0. The van der Waals surface area contributed by atoms with Crippen LogP contribution >= 0.6 is 0 Å². The molecule has 1 atom stereocenters. The quantitative estimate of drug-likeness (QED) is 0.791. The van der Waals surface area contributed by atoms with Crippen LogP contribution in [0.25, 0.3) is 0 Å². The van der Waals surface area contributed by atoms with Crippen molar-refractivity contribution in [3.63, 3.8) is 0 Å². The van der Waals surface area contributed by atoms with Crippen molar-refractivity contribution in [3.8, 4) is 11.5 Å². The first kappa shape index (κ1) is 23.0. The summed E-state index contributed by atoms with van der Waals surface area (Å²) in [6.45, 7) is 17.1. The fourth-order valence-corrected chi connectivity index (χ4v) is 3.55. The average molecular weight is 374 g/mol. The second-order valence-corrected chi connectivity index (χ2v) is 6.05. The predicted molar refractivity (Wildman–Crippen MR) is 114 cm³/mol. The van der Waals surface area contributed by atoms with Gasteiger partial charge in [0.15, 0.2) is 11.5 Å². The van der Waals surface area contributed by atoms with Crippen LogP contribution in [0.1, 0.15) is 45.2 Å². The van der Waals surface area contributed by atoms with E-state index in [0.717, 1.165) is 37.6 Å². The molecule has 1 aromatic carbocycles. The topological polar surface area (TPSA) is 39.7 Å². The fraction of sp³-hybridized carbons (Fsp3) is 0.478. The van der Waals surface area contributed by atoms with Crippen LogP contribution in [0.4, 0.5) is 0 Å². The molecule has 4 nitrogen and oxygen atoms in total. The number of ether oxygens (including phenoxy) is 3. The van der Waals surface area contributed by atoms with E-state index in [0.29, 0.717) is 12.7 Å². The SMILES string of the molecule is C.C=CC1=C2C(=C)CNCC2c2ccc3c(c2C1)OCO3.CC.CCOC. The van der Waals surface area contributed by atoms with Gasteiger partial charge in [0, 0.05) is 44.7 Å². The van der Waals surface area contributed by atoms with Gasteiger partial charge in [0.2, 0.25) is 6.79 Å². The van der Waals surface area contributed by atoms with Gasteiger partial charge in [-0.2, -0.15) is 0 Å². The maximum absolute atomic E-state index is 5.67. The van der Waals surface area contributed by atoms with Gasteiger partial charge in [-0.1, -0.05) is 46.6 Å². The Labute approximate surface area is 164 Å². The Kier molecular flexibility index (Phi) is 9.33. The van der Waals surface area contributed by atoms with Gasteiger partial charge in [0.1, 0.15) is 0 Å². The molecule has 27 heavy (non-hydrogen) atoms. The van der Waals surface area contributed by atoms with E-state index in [2.05, 4.69) is 29.3 Å². The second kappa shape index (κ2) is 11.0. The molecule has 0 aromatic heterocycles. The van der Waals surface area contributed by atoms with Crippen LogP contribution in [0.15, 0.2) is 48.1 Å². The van der Waals surface area contributed by atoms with Crippen LogP contribution in [0.5, 0.6) is 11.5 Å². The van der Waals surface area contributed by atoms with Crippen molar-refractivity contribution in [3.05, 3.63) is 59.2 Å². The summed E-state index contributed by atoms with van der Waals surface area (Å²) in [5.41, 5.74) is 6.41. The van der Waals surface area contributed by atoms with Crippen molar-refractivity contribution in [2.75, 3.05) is 33.6 Å². The molecule has 2 heterocycles. The Morgan fingerprint density at radius 1 is 1.30 bits per heavy atom. The summed E-state index contributed by atoms with van der Waals surface area (Å²) in [5.74, 6) is 2.12. The van der Waals surface area contributed by atoms with E-state index in [-0.39, 0.29) is 7.43 Å². The highest BCUT2D eigenvalue weighted by Gasteiger charge is 2.34. The highest BCUT2D eigenvalue weighted by molar-refractivity contribution is 5.62. The van der Waals surface area contributed by atoms with Crippen molar-refractivity contribution in [2.45, 2.75) is 40.5 Å². The predicted octanol–water partition coefficient (Wildman–Crippen LogP) is 5.01. The highest BCUT2D eigenvalue weighted by atomic mass is 16.7. The van der Waals surface area contributed by atoms with Gasteiger partial charge in [-0.25, -0.2) is 0 Å². The lowest BCUT2D eigenvalue weighted by molar-refractivity contribution is 0.173. The van der Waals surface area contributed by atoms with E-state index in [9.17, 15) is 0 Å². The number of allylic oxidation sites excluding steroid dienone is 2. The van der Waals surface area contributed by atoms with Gasteiger partial charge < -0.3 is 19.5 Å². The smallest absolute Gasteiger partial charge is 0.231 e. The molecule has 1 fully saturated rings. The Morgan fingerprint density at radius 2 is 2.00 bits per heavy atom. The number of rotatable bonds is 2. The van der Waals surface area contributed by atoms with Crippen LogP contribution in [0.3, 0.4) is 0 Å². The maximum Gasteiger partial charge on any atom is 0.231 e. The van der Waals surface area contributed by atoms with Crippen molar-refractivity contribution >= 4 is 0 Å². The van der Waals surface area contributed by atoms with Crippen LogP contribution in [0, 0.1) is 0 Å². The molecule has 0 radical (unpaired) electrons. The molecular weight excluding hydrogens is 338 g/mol. The summed E-state index contributed by atoms with van der Waals surface area (Å²) in [5, 5.41) is 3.45. The average Bonchev–Trinajstić information content (AvgIpc) is 3.18. The minimum Gasteiger partial charge on any atom is -0.454 e. The third kappa shape index (κ3) is 4.63. The van der Waals surface area contributed by atoms with Crippen molar-refractivity contribution in [2.24, 2.45) is 0 Å². The third-order valence-electron chi connectivity index (χ3n) is 4.72. The van der Waals surface area contributed by atoms with E-state index in [1.807, 2.05) is 32.9 Å². The lowest BCUT2D eigenvalue weighted by atomic mass is 9.73. The van der Waals surface area contributed by atoms with Crippen LogP contribution in [-0.2, 0) is 11.2 Å². The molecule has 1 aliphatic carbocycles. The molecule has 0 saturated carbocycles. The Bertz CT molecular complexity index is 689.